The number of hydrogen-bond donors (Lipinski definition) is 0. The van der Waals surface area contributed by atoms with Gasteiger partial charge < -0.3 is 9.31 Å². The van der Waals surface area contributed by atoms with Crippen molar-refractivity contribution in [3.05, 3.63) is 46.8 Å². The number of hydrogen-bond acceptors (Lipinski definition) is 3. The Hall–Kier alpha value is -1.80. The minimum absolute atomic E-state index is 0.246. The number of nitrogens with zero attached hydrogens (tertiary/aromatic N) is 2. The number of benzene rings is 1. The molecule has 0 spiro atoms. The molecule has 1 fully saturated rings. The Balaban J connectivity index is 1.90. The summed E-state index contributed by atoms with van der Waals surface area (Å²) in [6.07, 6.45) is -4.36. The van der Waals surface area contributed by atoms with E-state index in [-0.39, 0.29) is 6.54 Å². The average molecular weight is 380 g/mol. The lowest BCUT2D eigenvalue weighted by Crippen LogP contribution is -2.41. The maximum Gasteiger partial charge on any atom is 0.498 e. The van der Waals surface area contributed by atoms with Gasteiger partial charge in [-0.3, -0.25) is 4.68 Å². The molecule has 8 heteroatoms. The standard InChI is InChI=1S/C19H24BF3N2O2/c1-12-16(20-26-17(3,4)18(5,6)27-20)13(2)25(24-12)11-14-8-7-9-15(10-14)19(21,22)23/h7-10H,11H2,1-6H3. The van der Waals surface area contributed by atoms with Crippen LogP contribution in [0.1, 0.15) is 50.2 Å². The van der Waals surface area contributed by atoms with Crippen LogP contribution in [0.15, 0.2) is 24.3 Å². The third-order valence-corrected chi connectivity index (χ3v) is 5.51. The first-order chi connectivity index (χ1) is 12.3. The molecule has 1 aromatic heterocycles. The molecule has 1 aliphatic rings. The van der Waals surface area contributed by atoms with E-state index in [4.69, 9.17) is 9.31 Å². The summed E-state index contributed by atoms with van der Waals surface area (Å²) in [7, 11) is -0.551. The molecule has 0 N–H and O–H groups in total. The van der Waals surface area contributed by atoms with Gasteiger partial charge in [0.1, 0.15) is 0 Å². The lowest BCUT2D eigenvalue weighted by atomic mass is 9.77. The second kappa shape index (κ2) is 6.38. The molecule has 0 atom stereocenters. The monoisotopic (exact) mass is 380 g/mol. The van der Waals surface area contributed by atoms with Crippen molar-refractivity contribution < 1.29 is 22.5 Å². The smallest absolute Gasteiger partial charge is 0.399 e. The molecule has 0 aliphatic carbocycles. The molecule has 2 aromatic rings. The fraction of sp³-hybridized carbons (Fsp3) is 0.526. The molecule has 4 nitrogen and oxygen atoms in total. The zero-order valence-electron chi connectivity index (χ0n) is 16.4. The van der Waals surface area contributed by atoms with Gasteiger partial charge in [0.15, 0.2) is 0 Å². The molecule has 0 bridgehead atoms. The van der Waals surface area contributed by atoms with Crippen LogP contribution in [0.4, 0.5) is 13.2 Å². The second-order valence-electron chi connectivity index (χ2n) is 8.03. The summed E-state index contributed by atoms with van der Waals surface area (Å²) in [6.45, 7) is 11.9. The third-order valence-electron chi connectivity index (χ3n) is 5.51. The lowest BCUT2D eigenvalue weighted by Gasteiger charge is -2.32. The van der Waals surface area contributed by atoms with E-state index in [0.29, 0.717) is 5.56 Å². The minimum atomic E-state index is -4.36. The van der Waals surface area contributed by atoms with Crippen LogP contribution in [0.5, 0.6) is 0 Å². The van der Waals surface area contributed by atoms with Gasteiger partial charge in [0.2, 0.25) is 0 Å². The highest BCUT2D eigenvalue weighted by Gasteiger charge is 2.53. The number of alkyl halides is 3. The second-order valence-corrected chi connectivity index (χ2v) is 8.03. The summed E-state index contributed by atoms with van der Waals surface area (Å²) in [6, 6.07) is 5.31. The molecular formula is C19H24BF3N2O2. The van der Waals surface area contributed by atoms with Crippen LogP contribution < -0.4 is 5.46 Å². The van der Waals surface area contributed by atoms with Gasteiger partial charge in [-0.15, -0.1) is 0 Å². The highest BCUT2D eigenvalue weighted by atomic mass is 19.4. The fourth-order valence-corrected chi connectivity index (χ4v) is 3.19. The summed E-state index contributed by atoms with van der Waals surface area (Å²) >= 11 is 0. The van der Waals surface area contributed by atoms with E-state index in [9.17, 15) is 13.2 Å². The molecule has 146 valence electrons. The lowest BCUT2D eigenvalue weighted by molar-refractivity contribution is -0.137. The summed E-state index contributed by atoms with van der Waals surface area (Å²) in [4.78, 5) is 0. The van der Waals surface area contributed by atoms with Crippen molar-refractivity contribution >= 4 is 12.6 Å². The molecule has 1 saturated heterocycles. The predicted octanol–water partition coefficient (Wildman–Crippen LogP) is 3.87. The van der Waals surface area contributed by atoms with E-state index in [1.165, 1.54) is 6.07 Å². The molecule has 0 saturated carbocycles. The molecule has 0 unspecified atom stereocenters. The molecular weight excluding hydrogens is 356 g/mol. The van der Waals surface area contributed by atoms with Gasteiger partial charge in [-0.2, -0.15) is 18.3 Å². The van der Waals surface area contributed by atoms with E-state index in [0.717, 1.165) is 29.0 Å². The zero-order valence-corrected chi connectivity index (χ0v) is 16.4. The Kier molecular flexibility index (Phi) is 4.71. The first kappa shape index (κ1) is 20.0. The number of rotatable bonds is 3. The Morgan fingerprint density at radius 2 is 1.67 bits per heavy atom. The van der Waals surface area contributed by atoms with Crippen LogP contribution in [0.25, 0.3) is 0 Å². The Bertz CT molecular complexity index is 843. The quantitative estimate of drug-likeness (QED) is 0.759. The largest absolute Gasteiger partial charge is 0.498 e. The van der Waals surface area contributed by atoms with E-state index < -0.39 is 30.1 Å². The van der Waals surface area contributed by atoms with Gasteiger partial charge in [0, 0.05) is 11.2 Å². The maximum absolute atomic E-state index is 12.9. The molecule has 2 heterocycles. The predicted molar refractivity (Wildman–Crippen MR) is 98.0 cm³/mol. The van der Waals surface area contributed by atoms with Gasteiger partial charge in [0.05, 0.1) is 29.0 Å². The van der Waals surface area contributed by atoms with Crippen molar-refractivity contribution in [1.29, 1.82) is 0 Å². The Morgan fingerprint density at radius 3 is 2.22 bits per heavy atom. The van der Waals surface area contributed by atoms with Gasteiger partial charge in [-0.25, -0.2) is 0 Å². The van der Waals surface area contributed by atoms with Crippen molar-refractivity contribution in [2.75, 3.05) is 0 Å². The van der Waals surface area contributed by atoms with Crippen molar-refractivity contribution in [1.82, 2.24) is 9.78 Å². The van der Waals surface area contributed by atoms with Gasteiger partial charge in [-0.05, 0) is 59.2 Å². The highest BCUT2D eigenvalue weighted by molar-refractivity contribution is 6.63. The SMILES string of the molecule is Cc1nn(Cc2cccc(C(F)(F)F)c2)c(C)c1B1OC(C)(C)C(C)(C)O1. The molecule has 1 aliphatic heterocycles. The normalized spacial score (nSPS) is 18.9. The number of aromatic nitrogens is 2. The van der Waals surface area contributed by atoms with Crippen LogP contribution in [0, 0.1) is 13.8 Å². The average Bonchev–Trinajstić information content (AvgIpc) is 2.90. The van der Waals surface area contributed by atoms with Crippen molar-refractivity contribution in [3.8, 4) is 0 Å². The first-order valence-electron chi connectivity index (χ1n) is 8.87. The van der Waals surface area contributed by atoms with E-state index in [2.05, 4.69) is 5.10 Å². The van der Waals surface area contributed by atoms with Crippen molar-refractivity contribution in [3.63, 3.8) is 0 Å². The highest BCUT2D eigenvalue weighted by Crippen LogP contribution is 2.37. The van der Waals surface area contributed by atoms with Crippen LogP contribution in [0.3, 0.4) is 0 Å². The van der Waals surface area contributed by atoms with Crippen LogP contribution in [-0.4, -0.2) is 28.1 Å². The Labute approximate surface area is 157 Å². The molecule has 0 radical (unpaired) electrons. The molecule has 27 heavy (non-hydrogen) atoms. The van der Waals surface area contributed by atoms with Crippen LogP contribution in [0.2, 0.25) is 0 Å². The summed E-state index contributed by atoms with van der Waals surface area (Å²) in [5.74, 6) is 0. The fourth-order valence-electron chi connectivity index (χ4n) is 3.19. The maximum atomic E-state index is 12.9. The van der Waals surface area contributed by atoms with Crippen molar-refractivity contribution in [2.24, 2.45) is 0 Å². The van der Waals surface area contributed by atoms with Crippen LogP contribution in [-0.2, 0) is 22.0 Å². The van der Waals surface area contributed by atoms with E-state index in [1.807, 2.05) is 41.5 Å². The van der Waals surface area contributed by atoms with E-state index >= 15 is 0 Å². The summed E-state index contributed by atoms with van der Waals surface area (Å²) in [5.41, 5.74) is 1.34. The zero-order chi connectivity index (χ0) is 20.2. The minimum Gasteiger partial charge on any atom is -0.399 e. The first-order valence-corrected chi connectivity index (χ1v) is 8.87. The van der Waals surface area contributed by atoms with Gasteiger partial charge in [0.25, 0.3) is 0 Å². The topological polar surface area (TPSA) is 36.3 Å². The van der Waals surface area contributed by atoms with Crippen molar-refractivity contribution in [2.45, 2.75) is 65.5 Å². The van der Waals surface area contributed by atoms with Gasteiger partial charge in [-0.1, -0.05) is 12.1 Å². The molecule has 1 aromatic carbocycles. The molecule has 0 amide bonds. The molecule has 3 rings (SSSR count). The van der Waals surface area contributed by atoms with Crippen LogP contribution >= 0.6 is 0 Å². The third kappa shape index (κ3) is 3.65. The Morgan fingerprint density at radius 1 is 1.07 bits per heavy atom. The number of halogens is 3. The summed E-state index contributed by atoms with van der Waals surface area (Å²) in [5, 5.41) is 4.51. The van der Waals surface area contributed by atoms with E-state index in [1.54, 1.807) is 10.7 Å². The number of aryl methyl sites for hydroxylation is 1. The van der Waals surface area contributed by atoms with Gasteiger partial charge >= 0.3 is 13.3 Å². The summed E-state index contributed by atoms with van der Waals surface area (Å²) < 4.78 is 52.8.